The molecular formula is C20H30N8O2. The lowest BCUT2D eigenvalue weighted by Gasteiger charge is -2.29. The van der Waals surface area contributed by atoms with E-state index in [0.29, 0.717) is 18.2 Å². The largest absolute Gasteiger partial charge is 0.491 e. The van der Waals surface area contributed by atoms with Crippen molar-refractivity contribution in [3.8, 4) is 5.75 Å². The first kappa shape index (κ1) is 20.4. The van der Waals surface area contributed by atoms with Gasteiger partial charge in [-0.05, 0) is 7.05 Å². The molecule has 0 saturated carbocycles. The molecule has 0 aliphatic carbocycles. The Morgan fingerprint density at radius 3 is 2.47 bits per heavy atom. The smallest absolute Gasteiger partial charge is 0.236 e. The number of aromatic nitrogens is 4. The minimum atomic E-state index is -0.0245. The highest BCUT2D eigenvalue weighted by Crippen LogP contribution is 2.53. The minimum Gasteiger partial charge on any atom is -0.491 e. The van der Waals surface area contributed by atoms with Crippen LogP contribution < -0.4 is 20.3 Å². The van der Waals surface area contributed by atoms with Gasteiger partial charge < -0.3 is 25.2 Å². The molecule has 10 nitrogen and oxygen atoms in total. The maximum atomic E-state index is 12.4. The number of aryl methyl sites for hydroxylation is 1. The molecule has 0 radical (unpaired) electrons. The van der Waals surface area contributed by atoms with E-state index in [1.807, 2.05) is 18.1 Å². The van der Waals surface area contributed by atoms with Gasteiger partial charge >= 0.3 is 0 Å². The quantitative estimate of drug-likeness (QED) is 0.718. The number of nitrogens with one attached hydrogen (secondary N) is 2. The predicted molar refractivity (Wildman–Crippen MR) is 114 cm³/mol. The SMILES string of the molecule is CNCC(=O)N1C[C@@]2(C)CN(c3nc(Nc4cnn(C)c4)ncc3OC)C[C@@]2(C)C1. The molecule has 10 heteroatoms. The van der Waals surface area contributed by atoms with E-state index in [-0.39, 0.29) is 16.7 Å². The predicted octanol–water partition coefficient (Wildman–Crippen LogP) is 0.857. The zero-order valence-corrected chi connectivity index (χ0v) is 18.3. The van der Waals surface area contributed by atoms with Gasteiger partial charge in [-0.2, -0.15) is 10.1 Å². The van der Waals surface area contributed by atoms with Crippen LogP contribution in [0.3, 0.4) is 0 Å². The van der Waals surface area contributed by atoms with Crippen molar-refractivity contribution in [2.24, 2.45) is 17.9 Å². The number of carbonyl (C=O) groups is 1. The van der Waals surface area contributed by atoms with E-state index in [2.05, 4.69) is 39.5 Å². The summed E-state index contributed by atoms with van der Waals surface area (Å²) in [6.07, 6.45) is 5.29. The molecule has 0 aromatic carbocycles. The summed E-state index contributed by atoms with van der Waals surface area (Å²) in [5, 5.41) is 10.3. The van der Waals surface area contributed by atoms with Crippen LogP contribution in [0, 0.1) is 10.8 Å². The van der Waals surface area contributed by atoms with Crippen molar-refractivity contribution in [3.63, 3.8) is 0 Å². The first-order valence-corrected chi connectivity index (χ1v) is 10.1. The standard InChI is InChI=1S/C20H30N8O2/c1-19-10-27(16(29)8-21-3)11-20(19,2)13-28(12-19)17-15(30-5)7-22-18(25-17)24-14-6-23-26(4)9-14/h6-7,9,21H,8,10-13H2,1-5H3,(H,22,24,25)/t19-,20+. The number of ether oxygens (including phenoxy) is 1. The van der Waals surface area contributed by atoms with Gasteiger partial charge in [0.15, 0.2) is 11.6 Å². The normalized spacial score (nSPS) is 25.5. The fraction of sp³-hybridized carbons (Fsp3) is 0.600. The number of likely N-dealkylation sites (N-methyl/N-ethyl adjacent to an activating group) is 1. The third kappa shape index (κ3) is 3.45. The van der Waals surface area contributed by atoms with Crippen LogP contribution in [-0.4, -0.2) is 77.4 Å². The highest BCUT2D eigenvalue weighted by Gasteiger charge is 2.58. The van der Waals surface area contributed by atoms with Gasteiger partial charge in [-0.1, -0.05) is 13.8 Å². The summed E-state index contributed by atoms with van der Waals surface area (Å²) in [7, 11) is 5.30. The van der Waals surface area contributed by atoms with E-state index >= 15 is 0 Å². The molecule has 0 unspecified atom stereocenters. The zero-order valence-electron chi connectivity index (χ0n) is 18.3. The van der Waals surface area contributed by atoms with Crippen LogP contribution in [0.25, 0.3) is 0 Å². The van der Waals surface area contributed by atoms with Crippen LogP contribution in [-0.2, 0) is 11.8 Å². The minimum absolute atomic E-state index is 0.0245. The Morgan fingerprint density at radius 1 is 1.20 bits per heavy atom. The van der Waals surface area contributed by atoms with Gasteiger partial charge in [-0.15, -0.1) is 0 Å². The van der Waals surface area contributed by atoms with Crippen LogP contribution in [0.1, 0.15) is 13.8 Å². The number of carbonyl (C=O) groups excluding carboxylic acids is 1. The lowest BCUT2D eigenvalue weighted by atomic mass is 9.71. The number of hydrogen-bond donors (Lipinski definition) is 2. The summed E-state index contributed by atoms with van der Waals surface area (Å²) in [5.41, 5.74) is 0.775. The molecular weight excluding hydrogens is 384 g/mol. The molecule has 2 fully saturated rings. The number of fused-ring (bicyclic) bond motifs is 1. The van der Waals surface area contributed by atoms with Gasteiger partial charge in [-0.3, -0.25) is 9.48 Å². The lowest BCUT2D eigenvalue weighted by molar-refractivity contribution is -0.129. The number of methoxy groups -OCH3 is 1. The van der Waals surface area contributed by atoms with Crippen LogP contribution in [0.2, 0.25) is 0 Å². The molecule has 2 saturated heterocycles. The summed E-state index contributed by atoms with van der Waals surface area (Å²) < 4.78 is 7.28. The average molecular weight is 415 g/mol. The van der Waals surface area contributed by atoms with E-state index in [9.17, 15) is 4.79 Å². The fourth-order valence-electron chi connectivity index (χ4n) is 4.66. The number of amides is 1. The summed E-state index contributed by atoms with van der Waals surface area (Å²) in [6.45, 7) is 7.99. The third-order valence-corrected chi connectivity index (χ3v) is 6.51. The molecule has 2 aromatic heterocycles. The van der Waals surface area contributed by atoms with Crippen molar-refractivity contribution < 1.29 is 9.53 Å². The Bertz CT molecular complexity index is 927. The van der Waals surface area contributed by atoms with E-state index < -0.39 is 0 Å². The molecule has 0 bridgehead atoms. The van der Waals surface area contributed by atoms with Crippen molar-refractivity contribution in [3.05, 3.63) is 18.6 Å². The molecule has 2 aromatic rings. The fourth-order valence-corrected chi connectivity index (χ4v) is 4.66. The molecule has 162 valence electrons. The average Bonchev–Trinajstić information content (AvgIpc) is 3.29. The topological polar surface area (TPSA) is 100 Å². The maximum Gasteiger partial charge on any atom is 0.236 e. The van der Waals surface area contributed by atoms with Gasteiger partial charge in [0.05, 0.1) is 31.7 Å². The highest BCUT2D eigenvalue weighted by atomic mass is 16.5. The molecule has 30 heavy (non-hydrogen) atoms. The van der Waals surface area contributed by atoms with Crippen LogP contribution >= 0.6 is 0 Å². The summed E-state index contributed by atoms with van der Waals surface area (Å²) in [6, 6.07) is 0. The monoisotopic (exact) mass is 414 g/mol. The second-order valence-corrected chi connectivity index (χ2v) is 8.87. The van der Waals surface area contributed by atoms with Gasteiger partial charge in [0.2, 0.25) is 11.9 Å². The second-order valence-electron chi connectivity index (χ2n) is 8.87. The number of hydrogen-bond acceptors (Lipinski definition) is 8. The van der Waals surface area contributed by atoms with E-state index in [1.165, 1.54) is 0 Å². The molecule has 2 atom stereocenters. The first-order chi connectivity index (χ1) is 14.3. The first-order valence-electron chi connectivity index (χ1n) is 10.1. The number of anilines is 3. The lowest BCUT2D eigenvalue weighted by Crippen LogP contribution is -2.39. The second kappa shape index (κ2) is 7.42. The van der Waals surface area contributed by atoms with E-state index in [0.717, 1.165) is 37.7 Å². The zero-order chi connectivity index (χ0) is 21.5. The Hall–Kier alpha value is -2.88. The van der Waals surface area contributed by atoms with Crippen molar-refractivity contribution in [1.29, 1.82) is 0 Å². The van der Waals surface area contributed by atoms with Gasteiger partial charge in [0, 0.05) is 50.3 Å². The molecule has 0 spiro atoms. The highest BCUT2D eigenvalue weighted by molar-refractivity contribution is 5.79. The Kier molecular flexibility index (Phi) is 5.05. The van der Waals surface area contributed by atoms with Gasteiger partial charge in [0.25, 0.3) is 0 Å². The van der Waals surface area contributed by atoms with Crippen LogP contribution in [0.15, 0.2) is 18.6 Å². The van der Waals surface area contributed by atoms with Crippen molar-refractivity contribution in [1.82, 2.24) is 30.0 Å². The van der Waals surface area contributed by atoms with Crippen molar-refractivity contribution in [2.75, 3.05) is 57.1 Å². The van der Waals surface area contributed by atoms with E-state index in [1.54, 1.807) is 31.2 Å². The van der Waals surface area contributed by atoms with Gasteiger partial charge in [0.1, 0.15) is 0 Å². The maximum absolute atomic E-state index is 12.4. The Morgan fingerprint density at radius 2 is 1.90 bits per heavy atom. The molecule has 2 aliphatic rings. The van der Waals surface area contributed by atoms with Gasteiger partial charge in [-0.25, -0.2) is 4.98 Å². The third-order valence-electron chi connectivity index (χ3n) is 6.51. The Balaban J connectivity index is 1.56. The van der Waals surface area contributed by atoms with Crippen LogP contribution in [0.5, 0.6) is 5.75 Å². The summed E-state index contributed by atoms with van der Waals surface area (Å²) >= 11 is 0. The number of likely N-dealkylation sites (tertiary alicyclic amines) is 1. The molecule has 2 aliphatic heterocycles. The molecule has 1 amide bonds. The Labute approximate surface area is 176 Å². The van der Waals surface area contributed by atoms with Crippen molar-refractivity contribution in [2.45, 2.75) is 13.8 Å². The number of nitrogens with zero attached hydrogens (tertiary/aromatic N) is 6. The molecule has 4 rings (SSSR count). The summed E-state index contributed by atoms with van der Waals surface area (Å²) in [5.74, 6) is 2.06. The van der Waals surface area contributed by atoms with Crippen molar-refractivity contribution >= 4 is 23.4 Å². The molecule has 4 heterocycles. The van der Waals surface area contributed by atoms with E-state index in [4.69, 9.17) is 9.72 Å². The molecule has 2 N–H and O–H groups in total. The summed E-state index contributed by atoms with van der Waals surface area (Å²) in [4.78, 5) is 25.8. The number of rotatable bonds is 6. The van der Waals surface area contributed by atoms with Crippen LogP contribution in [0.4, 0.5) is 17.5 Å².